The third-order valence-electron chi connectivity index (χ3n) is 17.6. The second kappa shape index (κ2) is 79.8. The molecule has 0 aromatic heterocycles. The molecule has 0 radical (unpaired) electrons. The molecule has 0 aromatic carbocycles. The minimum atomic E-state index is -0.775. The van der Waals surface area contributed by atoms with Crippen LogP contribution in [0.15, 0.2) is 109 Å². The van der Waals surface area contributed by atoms with Gasteiger partial charge < -0.3 is 14.6 Å². The fourth-order valence-corrected chi connectivity index (χ4v) is 11.8. The van der Waals surface area contributed by atoms with E-state index in [9.17, 15) is 14.7 Å². The predicted octanol–water partition coefficient (Wildman–Crippen LogP) is 27.9. The van der Waals surface area contributed by atoms with Crippen molar-refractivity contribution >= 4 is 11.9 Å². The number of aliphatic hydroxyl groups is 1. The number of hydrogen-bond acceptors (Lipinski definition) is 5. The summed E-state index contributed by atoms with van der Waals surface area (Å²) in [6.45, 7) is 3.96. The lowest BCUT2D eigenvalue weighted by Gasteiger charge is -2.15. The first-order valence-corrected chi connectivity index (χ1v) is 39.4. The summed E-state index contributed by atoms with van der Waals surface area (Å²) in [7, 11) is 0. The van der Waals surface area contributed by atoms with Crippen LogP contribution in [0.4, 0.5) is 0 Å². The van der Waals surface area contributed by atoms with Gasteiger partial charge in [-0.05, 0) is 96.3 Å². The van der Waals surface area contributed by atoms with Crippen LogP contribution in [0.25, 0.3) is 0 Å². The number of unbranched alkanes of at least 4 members (excludes halogenated alkanes) is 47. The van der Waals surface area contributed by atoms with Crippen molar-refractivity contribution in [3.05, 3.63) is 109 Å². The van der Waals surface area contributed by atoms with Crippen molar-refractivity contribution in [1.82, 2.24) is 0 Å². The molecule has 0 rings (SSSR count). The maximum absolute atomic E-state index is 12.4. The number of carbonyl (C=O) groups is 2. The van der Waals surface area contributed by atoms with E-state index in [-0.39, 0.29) is 25.2 Å². The van der Waals surface area contributed by atoms with Crippen LogP contribution >= 0.6 is 0 Å². The number of aliphatic hydroxyl groups excluding tert-OH is 1. The van der Waals surface area contributed by atoms with E-state index in [1.54, 1.807) is 0 Å². The maximum atomic E-state index is 12.4. The molecule has 0 saturated carbocycles. The number of hydrogen-bond donors (Lipinski definition) is 1. The summed E-state index contributed by atoms with van der Waals surface area (Å²) in [5.41, 5.74) is 0. The van der Waals surface area contributed by atoms with Crippen LogP contribution < -0.4 is 0 Å². The fraction of sp³-hybridized carbons (Fsp3) is 0.765. The highest BCUT2D eigenvalue weighted by Gasteiger charge is 2.16. The highest BCUT2D eigenvalue weighted by Crippen LogP contribution is 2.19. The molecule has 0 spiro atoms. The van der Waals surface area contributed by atoms with Gasteiger partial charge in [0.25, 0.3) is 0 Å². The van der Waals surface area contributed by atoms with E-state index < -0.39 is 6.10 Å². The summed E-state index contributed by atoms with van der Waals surface area (Å²) in [4.78, 5) is 24.7. The van der Waals surface area contributed by atoms with Crippen LogP contribution in [0.3, 0.4) is 0 Å². The van der Waals surface area contributed by atoms with Gasteiger partial charge in [-0.1, -0.05) is 399 Å². The second-order valence-electron chi connectivity index (χ2n) is 26.4. The average molecular weight is 1250 g/mol. The molecule has 90 heavy (non-hydrogen) atoms. The van der Waals surface area contributed by atoms with E-state index in [4.69, 9.17) is 9.47 Å². The summed E-state index contributed by atoms with van der Waals surface area (Å²) in [6, 6.07) is 0. The summed E-state index contributed by atoms with van der Waals surface area (Å²) in [5.74, 6) is -0.570. The van der Waals surface area contributed by atoms with Crippen LogP contribution in [-0.2, 0) is 19.1 Å². The summed E-state index contributed by atoms with van der Waals surface area (Å²) in [6.07, 6.45) is 116. The van der Waals surface area contributed by atoms with Gasteiger partial charge in [-0.3, -0.25) is 9.59 Å². The van der Waals surface area contributed by atoms with Gasteiger partial charge in [0.2, 0.25) is 0 Å². The standard InChI is InChI=1S/C85H150O5/c1-3-5-7-9-11-13-15-17-19-21-23-25-27-29-31-33-35-37-39-40-41-42-43-44-46-47-49-51-53-55-57-59-61-63-65-67-69-71-73-75-77-79-84(87)89-82-83(81-86)90-85(88)80-78-76-74-72-70-68-66-64-62-60-58-56-54-52-50-48-45-38-36-34-32-30-28-26-24-22-20-18-16-14-12-10-8-6-4-2/h5-8,11-14,17-20,23-26,30,32,83,86H,3-4,9-10,15-16,21-22,27-29,31,33-82H2,1-2H3/b7-5-,8-6-,13-11-,14-12-,19-17-,20-18-,25-23-,26-24-,32-30-. The largest absolute Gasteiger partial charge is 0.462 e. The molecule has 1 unspecified atom stereocenters. The molecule has 520 valence electrons. The van der Waals surface area contributed by atoms with Crippen LogP contribution in [0.5, 0.6) is 0 Å². The molecule has 0 aromatic rings. The zero-order valence-electron chi connectivity index (χ0n) is 59.9. The van der Waals surface area contributed by atoms with E-state index in [0.29, 0.717) is 12.8 Å². The predicted molar refractivity (Wildman–Crippen MR) is 399 cm³/mol. The van der Waals surface area contributed by atoms with Crippen molar-refractivity contribution in [3.8, 4) is 0 Å². The molecule has 5 nitrogen and oxygen atoms in total. The van der Waals surface area contributed by atoms with E-state index >= 15 is 0 Å². The van der Waals surface area contributed by atoms with Gasteiger partial charge in [0.05, 0.1) is 6.61 Å². The number of rotatable bonds is 73. The van der Waals surface area contributed by atoms with Crippen molar-refractivity contribution in [2.24, 2.45) is 0 Å². The Balaban J connectivity index is 3.39. The van der Waals surface area contributed by atoms with Gasteiger partial charge in [-0.25, -0.2) is 0 Å². The first kappa shape index (κ1) is 86.6. The van der Waals surface area contributed by atoms with E-state index in [1.807, 2.05) is 0 Å². The molecule has 0 heterocycles. The minimum Gasteiger partial charge on any atom is -0.462 e. The Hall–Kier alpha value is -3.44. The Morgan fingerprint density at radius 2 is 0.444 bits per heavy atom. The number of esters is 2. The van der Waals surface area contributed by atoms with Crippen molar-refractivity contribution < 1.29 is 24.2 Å². The highest BCUT2D eigenvalue weighted by atomic mass is 16.6. The molecule has 0 fully saturated rings. The first-order chi connectivity index (χ1) is 44.6. The molecular weight excluding hydrogens is 1100 g/mol. The molecule has 1 atom stereocenters. The van der Waals surface area contributed by atoms with Gasteiger partial charge in [0, 0.05) is 12.8 Å². The number of ether oxygens (including phenoxy) is 2. The Labute approximate surface area is 561 Å². The lowest BCUT2D eigenvalue weighted by Crippen LogP contribution is -2.28. The van der Waals surface area contributed by atoms with Crippen LogP contribution in [0, 0.1) is 0 Å². The molecule has 5 heteroatoms. The molecule has 0 bridgehead atoms. The van der Waals surface area contributed by atoms with E-state index in [2.05, 4.69) is 123 Å². The summed E-state index contributed by atoms with van der Waals surface area (Å²) < 4.78 is 10.8. The van der Waals surface area contributed by atoms with Crippen molar-refractivity contribution in [1.29, 1.82) is 0 Å². The molecule has 0 saturated heterocycles. The molecule has 0 amide bonds. The Morgan fingerprint density at radius 3 is 0.667 bits per heavy atom. The first-order valence-electron chi connectivity index (χ1n) is 39.4. The quantitative estimate of drug-likeness (QED) is 0.0373. The van der Waals surface area contributed by atoms with Gasteiger partial charge in [-0.2, -0.15) is 0 Å². The third-order valence-corrected chi connectivity index (χ3v) is 17.6. The van der Waals surface area contributed by atoms with Gasteiger partial charge >= 0.3 is 11.9 Å². The van der Waals surface area contributed by atoms with E-state index in [1.165, 1.54) is 276 Å². The van der Waals surface area contributed by atoms with Crippen LogP contribution in [0.2, 0.25) is 0 Å². The van der Waals surface area contributed by atoms with Crippen molar-refractivity contribution in [2.75, 3.05) is 13.2 Å². The Morgan fingerprint density at radius 1 is 0.256 bits per heavy atom. The van der Waals surface area contributed by atoms with Crippen molar-refractivity contribution in [3.63, 3.8) is 0 Å². The monoisotopic (exact) mass is 1250 g/mol. The molecule has 0 aliphatic rings. The minimum absolute atomic E-state index is 0.0627. The number of carbonyl (C=O) groups excluding carboxylic acids is 2. The smallest absolute Gasteiger partial charge is 0.306 e. The maximum Gasteiger partial charge on any atom is 0.306 e. The van der Waals surface area contributed by atoms with Crippen molar-refractivity contribution in [2.45, 2.75) is 405 Å². The normalized spacial score (nSPS) is 12.8. The lowest BCUT2D eigenvalue weighted by atomic mass is 10.0. The number of allylic oxidation sites excluding steroid dienone is 18. The highest BCUT2D eigenvalue weighted by molar-refractivity contribution is 5.70. The molecule has 1 N–H and O–H groups in total. The lowest BCUT2D eigenvalue weighted by molar-refractivity contribution is -0.161. The topological polar surface area (TPSA) is 72.8 Å². The zero-order valence-corrected chi connectivity index (χ0v) is 59.9. The van der Waals surface area contributed by atoms with Gasteiger partial charge in [0.1, 0.15) is 6.61 Å². The van der Waals surface area contributed by atoms with Crippen LogP contribution in [-0.4, -0.2) is 36.4 Å². The second-order valence-corrected chi connectivity index (χ2v) is 26.4. The summed E-state index contributed by atoms with van der Waals surface area (Å²) in [5, 5.41) is 9.73. The molecule has 0 aliphatic carbocycles. The molecule has 0 aliphatic heterocycles. The molecular formula is C85H150O5. The van der Waals surface area contributed by atoms with E-state index in [0.717, 1.165) is 96.3 Å². The summed E-state index contributed by atoms with van der Waals surface area (Å²) >= 11 is 0. The van der Waals surface area contributed by atoms with Gasteiger partial charge in [-0.15, -0.1) is 0 Å². The average Bonchev–Trinajstić information content (AvgIpc) is 3.58. The van der Waals surface area contributed by atoms with Gasteiger partial charge in [0.15, 0.2) is 6.10 Å². The zero-order chi connectivity index (χ0) is 64.7. The SMILES string of the molecule is CC/C=C\C/C=C\C/C=C\C/C=C\C/C=C\CCCCCCCCCCCCCCCCCCCCCC(=O)OC(CO)COC(=O)CCCCCCCCCCCCCCCCCCCCCCCCCCCCCC/C=C\C/C=C\C/C=C\C/C=C\CC. The third kappa shape index (κ3) is 77.0. The Kier molecular flexibility index (Phi) is 76.7. The van der Waals surface area contributed by atoms with Crippen LogP contribution in [0.1, 0.15) is 399 Å². The Bertz CT molecular complexity index is 1710. The fourth-order valence-electron chi connectivity index (χ4n) is 11.8.